The number of carbonyl (C=O) groups is 4. The van der Waals surface area contributed by atoms with Crippen LogP contribution >= 0.6 is 0 Å². The van der Waals surface area contributed by atoms with Crippen LogP contribution in [0.5, 0.6) is 0 Å². The van der Waals surface area contributed by atoms with E-state index < -0.39 is 47.4 Å². The molecule has 4 rings (SSSR count). The molecule has 0 bridgehead atoms. The Hall–Kier alpha value is -4.65. The van der Waals surface area contributed by atoms with Crippen LogP contribution in [0.4, 0.5) is 14.5 Å². The summed E-state index contributed by atoms with van der Waals surface area (Å²) in [6.07, 6.45) is 1.67. The van der Waals surface area contributed by atoms with Crippen molar-refractivity contribution in [2.75, 3.05) is 38.5 Å². The number of likely N-dealkylation sites (N-methyl/N-ethyl adjacent to an activating group) is 1. The molecule has 0 saturated carbocycles. The highest BCUT2D eigenvalue weighted by Gasteiger charge is 2.34. The number of nitrogens with zero attached hydrogens (tertiary/aromatic N) is 4. The molecule has 4 amide bonds. The summed E-state index contributed by atoms with van der Waals surface area (Å²) in [4.78, 5) is 56.7. The molecule has 1 fully saturated rings. The third-order valence-electron chi connectivity index (χ3n) is 8.71. The number of hydrogen-bond acceptors (Lipinski definition) is 6. The molecule has 4 atom stereocenters. The molecule has 0 aliphatic carbocycles. The maximum atomic E-state index is 15.6. The molecule has 3 N–H and O–H groups in total. The Morgan fingerprint density at radius 2 is 1.49 bits per heavy atom. The summed E-state index contributed by atoms with van der Waals surface area (Å²) < 4.78 is 30.8. The molecule has 252 valence electrons. The lowest BCUT2D eigenvalue weighted by Crippen LogP contribution is -2.55. The Bertz CT molecular complexity index is 1570. The molecule has 3 aromatic rings. The van der Waals surface area contributed by atoms with E-state index in [-0.39, 0.29) is 29.6 Å². The minimum atomic E-state index is -1.17. The standard InChI is InChI=1S/C34H43F2N7O4/c1-6-29(44)39-31(34(47)42-18-16-41(5)17-19-42)22(4)24-10-13-27(26(36)20-24)38-33(46)30(21(3)23-8-11-25(35)12-9-23)40-32(45)28-14-15-37-43(28)7-2/h8-15,20-22,30-31H,6-7,16-19H2,1-5H3,(H,38,46)(H,39,44)(H,40,45). The highest BCUT2D eigenvalue weighted by atomic mass is 19.1. The zero-order chi connectivity index (χ0) is 34.2. The average Bonchev–Trinajstić information content (AvgIpc) is 3.56. The Morgan fingerprint density at radius 3 is 2.11 bits per heavy atom. The van der Waals surface area contributed by atoms with Crippen molar-refractivity contribution >= 4 is 29.3 Å². The van der Waals surface area contributed by atoms with Crippen molar-refractivity contribution in [2.45, 2.75) is 64.6 Å². The first-order chi connectivity index (χ1) is 22.4. The maximum absolute atomic E-state index is 15.6. The highest BCUT2D eigenvalue weighted by Crippen LogP contribution is 2.27. The molecule has 1 aromatic heterocycles. The molecule has 1 aliphatic rings. The first kappa shape index (κ1) is 35.2. The fourth-order valence-corrected chi connectivity index (χ4v) is 5.59. The van der Waals surface area contributed by atoms with Crippen molar-refractivity contribution in [2.24, 2.45) is 0 Å². The summed E-state index contributed by atoms with van der Waals surface area (Å²) in [5.74, 6) is -4.16. The Kier molecular flexibility index (Phi) is 11.8. The normalized spacial score (nSPS) is 16.1. The number of hydrogen-bond donors (Lipinski definition) is 3. The number of aryl methyl sites for hydroxylation is 1. The van der Waals surface area contributed by atoms with Crippen molar-refractivity contribution in [3.63, 3.8) is 0 Å². The van der Waals surface area contributed by atoms with Gasteiger partial charge in [0.1, 0.15) is 29.4 Å². The van der Waals surface area contributed by atoms with Gasteiger partial charge in [0, 0.05) is 57.2 Å². The van der Waals surface area contributed by atoms with Crippen molar-refractivity contribution in [3.8, 4) is 0 Å². The fourth-order valence-electron chi connectivity index (χ4n) is 5.59. The van der Waals surface area contributed by atoms with Gasteiger partial charge in [-0.2, -0.15) is 5.10 Å². The van der Waals surface area contributed by atoms with Gasteiger partial charge in [0.05, 0.1) is 5.69 Å². The quantitative estimate of drug-likeness (QED) is 0.275. The lowest BCUT2D eigenvalue weighted by atomic mass is 9.91. The summed E-state index contributed by atoms with van der Waals surface area (Å²) >= 11 is 0. The van der Waals surface area contributed by atoms with Crippen LogP contribution < -0.4 is 16.0 Å². The minimum absolute atomic E-state index is 0.130. The second kappa shape index (κ2) is 15.8. The SMILES string of the molecule is CCC(=O)NC(C(=O)N1CCN(C)CC1)C(C)c1ccc(NC(=O)C(NC(=O)c2ccnn2CC)C(C)c2ccc(F)cc2)c(F)c1. The summed E-state index contributed by atoms with van der Waals surface area (Å²) in [5, 5.41) is 12.3. The van der Waals surface area contributed by atoms with Gasteiger partial charge in [-0.1, -0.05) is 39.0 Å². The predicted octanol–water partition coefficient (Wildman–Crippen LogP) is 3.49. The van der Waals surface area contributed by atoms with Gasteiger partial charge in [0.15, 0.2) is 0 Å². The van der Waals surface area contributed by atoms with Crippen molar-refractivity contribution in [1.82, 2.24) is 30.2 Å². The molecular weight excluding hydrogens is 608 g/mol. The zero-order valence-corrected chi connectivity index (χ0v) is 27.4. The molecule has 0 radical (unpaired) electrons. The number of rotatable bonds is 12. The van der Waals surface area contributed by atoms with Gasteiger partial charge in [-0.25, -0.2) is 8.78 Å². The smallest absolute Gasteiger partial charge is 0.270 e. The van der Waals surface area contributed by atoms with Crippen molar-refractivity contribution in [1.29, 1.82) is 0 Å². The van der Waals surface area contributed by atoms with E-state index in [9.17, 15) is 23.6 Å². The average molecular weight is 652 g/mol. The number of carbonyl (C=O) groups excluding carboxylic acids is 4. The Labute approximate surface area is 273 Å². The van der Waals surface area contributed by atoms with Crippen LogP contribution in [-0.4, -0.2) is 88.5 Å². The Morgan fingerprint density at radius 1 is 0.851 bits per heavy atom. The second-order valence-electron chi connectivity index (χ2n) is 11.9. The van der Waals surface area contributed by atoms with E-state index >= 15 is 4.39 Å². The van der Waals surface area contributed by atoms with Crippen molar-refractivity contribution < 1.29 is 28.0 Å². The lowest BCUT2D eigenvalue weighted by molar-refractivity contribution is -0.138. The lowest BCUT2D eigenvalue weighted by Gasteiger charge is -2.36. The third kappa shape index (κ3) is 8.59. The second-order valence-corrected chi connectivity index (χ2v) is 11.9. The zero-order valence-electron chi connectivity index (χ0n) is 27.4. The summed E-state index contributed by atoms with van der Waals surface area (Å²) in [5.41, 5.74) is 1.17. The number of halogens is 2. The van der Waals surface area contributed by atoms with Gasteiger partial charge in [-0.05, 0) is 55.4 Å². The van der Waals surface area contributed by atoms with Crippen LogP contribution in [0, 0.1) is 11.6 Å². The molecule has 11 nitrogen and oxygen atoms in total. The molecule has 1 saturated heterocycles. The van der Waals surface area contributed by atoms with Gasteiger partial charge in [-0.3, -0.25) is 23.9 Å². The van der Waals surface area contributed by atoms with E-state index in [4.69, 9.17) is 0 Å². The van der Waals surface area contributed by atoms with Crippen molar-refractivity contribution in [3.05, 3.63) is 83.2 Å². The van der Waals surface area contributed by atoms with E-state index in [0.717, 1.165) is 0 Å². The first-order valence-electron chi connectivity index (χ1n) is 15.9. The summed E-state index contributed by atoms with van der Waals surface area (Å²) in [7, 11) is 1.98. The van der Waals surface area contributed by atoms with Crippen LogP contribution in [0.25, 0.3) is 0 Å². The van der Waals surface area contributed by atoms with Gasteiger partial charge in [0.2, 0.25) is 17.7 Å². The minimum Gasteiger partial charge on any atom is -0.344 e. The molecule has 1 aliphatic heterocycles. The molecule has 0 spiro atoms. The molecular formula is C34H43F2N7O4. The molecule has 47 heavy (non-hydrogen) atoms. The molecule has 13 heteroatoms. The van der Waals surface area contributed by atoms with E-state index in [2.05, 4.69) is 25.9 Å². The maximum Gasteiger partial charge on any atom is 0.270 e. The highest BCUT2D eigenvalue weighted by molar-refractivity contribution is 6.01. The molecule has 2 heterocycles. The summed E-state index contributed by atoms with van der Waals surface area (Å²) in [6, 6.07) is 9.26. The van der Waals surface area contributed by atoms with E-state index in [1.807, 2.05) is 14.0 Å². The first-order valence-corrected chi connectivity index (χ1v) is 15.9. The topological polar surface area (TPSA) is 129 Å². The largest absolute Gasteiger partial charge is 0.344 e. The number of anilines is 1. The Balaban J connectivity index is 1.56. The monoisotopic (exact) mass is 651 g/mol. The van der Waals surface area contributed by atoms with Crippen LogP contribution in [0.3, 0.4) is 0 Å². The number of amides is 4. The van der Waals surface area contributed by atoms with E-state index in [1.165, 1.54) is 53.3 Å². The van der Waals surface area contributed by atoms with Crippen LogP contribution in [-0.2, 0) is 20.9 Å². The molecule has 2 aromatic carbocycles. The number of benzene rings is 2. The van der Waals surface area contributed by atoms with Crippen LogP contribution in [0.15, 0.2) is 54.7 Å². The molecule has 4 unspecified atom stereocenters. The predicted molar refractivity (Wildman–Crippen MR) is 174 cm³/mol. The van der Waals surface area contributed by atoms with E-state index in [0.29, 0.717) is 43.9 Å². The van der Waals surface area contributed by atoms with Gasteiger partial charge >= 0.3 is 0 Å². The third-order valence-corrected chi connectivity index (χ3v) is 8.71. The van der Waals surface area contributed by atoms with Gasteiger partial charge < -0.3 is 25.8 Å². The fraction of sp³-hybridized carbons (Fsp3) is 0.441. The number of nitrogens with one attached hydrogen (secondary N) is 3. The number of piperazine rings is 1. The number of aromatic nitrogens is 2. The summed E-state index contributed by atoms with van der Waals surface area (Å²) in [6.45, 7) is 9.87. The van der Waals surface area contributed by atoms with Crippen LogP contribution in [0.2, 0.25) is 0 Å². The van der Waals surface area contributed by atoms with E-state index in [1.54, 1.807) is 31.7 Å². The van der Waals surface area contributed by atoms with Gasteiger partial charge in [-0.15, -0.1) is 0 Å². The van der Waals surface area contributed by atoms with Gasteiger partial charge in [0.25, 0.3) is 5.91 Å². The van der Waals surface area contributed by atoms with Crippen LogP contribution in [0.1, 0.15) is 67.6 Å².